The molecule has 106 valence electrons. The molecule has 1 aliphatic rings. The fraction of sp³-hybridized carbons (Fsp3) is 0.786. The lowest BCUT2D eigenvalue weighted by molar-refractivity contribution is -0.154. The topological polar surface area (TPSA) is 90.2 Å². The number of nitrogens with one attached hydrogen (secondary N) is 1. The summed E-state index contributed by atoms with van der Waals surface area (Å²) in [6.45, 7) is 0.524. The molecule has 0 aliphatic heterocycles. The maximum absolute atomic E-state index is 11.8. The maximum atomic E-state index is 11.8. The van der Waals surface area contributed by atoms with Gasteiger partial charge in [0, 0.05) is 19.4 Å². The molecule has 0 unspecified atom stereocenters. The second-order valence-corrected chi connectivity index (χ2v) is 5.29. The van der Waals surface area contributed by atoms with Crippen LogP contribution in [0.25, 0.3) is 0 Å². The molecule has 5 nitrogen and oxygen atoms in total. The van der Waals surface area contributed by atoms with E-state index >= 15 is 0 Å². The van der Waals surface area contributed by atoms with E-state index in [9.17, 15) is 14.7 Å². The fourth-order valence-corrected chi connectivity index (χ4v) is 2.62. The second-order valence-electron chi connectivity index (χ2n) is 5.29. The van der Waals surface area contributed by atoms with Crippen molar-refractivity contribution in [1.29, 1.82) is 5.26 Å². The highest BCUT2D eigenvalue weighted by Gasteiger charge is 2.41. The summed E-state index contributed by atoms with van der Waals surface area (Å²) in [4.78, 5) is 23.2. The summed E-state index contributed by atoms with van der Waals surface area (Å²) < 4.78 is 0. The van der Waals surface area contributed by atoms with Gasteiger partial charge in [0.05, 0.1) is 11.5 Å². The van der Waals surface area contributed by atoms with Crippen LogP contribution in [0, 0.1) is 16.7 Å². The van der Waals surface area contributed by atoms with Gasteiger partial charge in [0.1, 0.15) is 0 Å². The van der Waals surface area contributed by atoms with Crippen molar-refractivity contribution < 1.29 is 14.7 Å². The number of carbonyl (C=O) groups is 2. The Bertz CT molecular complexity index is 354. The smallest absolute Gasteiger partial charge is 0.310 e. The van der Waals surface area contributed by atoms with Crippen molar-refractivity contribution in [3.05, 3.63) is 0 Å². The van der Waals surface area contributed by atoms with Gasteiger partial charge in [-0.1, -0.05) is 19.3 Å². The number of nitrogens with zero attached hydrogens (tertiary/aromatic N) is 1. The van der Waals surface area contributed by atoms with Crippen molar-refractivity contribution in [2.75, 3.05) is 6.54 Å². The average molecular weight is 266 g/mol. The number of aliphatic carboxylic acids is 1. The molecule has 1 fully saturated rings. The molecule has 1 aliphatic carbocycles. The Morgan fingerprint density at radius 2 is 1.89 bits per heavy atom. The standard InChI is InChI=1S/C14H22N2O3/c15-9-5-2-6-10-16-12(17)11-14(13(18)19)7-3-1-4-8-14/h1-8,10-11H2,(H,16,17)(H,18,19). The summed E-state index contributed by atoms with van der Waals surface area (Å²) in [5.41, 5.74) is -0.852. The highest BCUT2D eigenvalue weighted by atomic mass is 16.4. The Hall–Kier alpha value is -1.57. The van der Waals surface area contributed by atoms with Crippen molar-refractivity contribution in [3.8, 4) is 6.07 Å². The van der Waals surface area contributed by atoms with E-state index in [2.05, 4.69) is 11.4 Å². The molecule has 0 heterocycles. The molecule has 19 heavy (non-hydrogen) atoms. The lowest BCUT2D eigenvalue weighted by Crippen LogP contribution is -2.39. The van der Waals surface area contributed by atoms with Gasteiger partial charge in [-0.15, -0.1) is 0 Å². The highest BCUT2D eigenvalue weighted by Crippen LogP contribution is 2.39. The zero-order valence-corrected chi connectivity index (χ0v) is 11.3. The lowest BCUT2D eigenvalue weighted by Gasteiger charge is -2.32. The van der Waals surface area contributed by atoms with Crippen LogP contribution >= 0.6 is 0 Å². The predicted octanol–water partition coefficient (Wildman–Crippen LogP) is 2.22. The van der Waals surface area contributed by atoms with Crippen LogP contribution in [0.2, 0.25) is 0 Å². The molecule has 1 amide bonds. The SMILES string of the molecule is N#CCCCCNC(=O)CC1(C(=O)O)CCCCC1. The Morgan fingerprint density at radius 3 is 2.47 bits per heavy atom. The van der Waals surface area contributed by atoms with Crippen molar-refractivity contribution in [2.24, 2.45) is 5.41 Å². The fourth-order valence-electron chi connectivity index (χ4n) is 2.62. The first-order valence-corrected chi connectivity index (χ1v) is 6.98. The lowest BCUT2D eigenvalue weighted by atomic mass is 9.71. The molecule has 1 rings (SSSR count). The van der Waals surface area contributed by atoms with Crippen LogP contribution in [0.15, 0.2) is 0 Å². The van der Waals surface area contributed by atoms with Crippen LogP contribution in [0.5, 0.6) is 0 Å². The van der Waals surface area contributed by atoms with Crippen molar-refractivity contribution in [3.63, 3.8) is 0 Å². The van der Waals surface area contributed by atoms with E-state index in [1.54, 1.807) is 0 Å². The molecule has 2 N–H and O–H groups in total. The molecule has 0 radical (unpaired) electrons. The normalized spacial score (nSPS) is 17.4. The number of nitriles is 1. The van der Waals surface area contributed by atoms with Gasteiger partial charge in [0.15, 0.2) is 0 Å². The molecule has 0 spiro atoms. The zero-order chi connectivity index (χ0) is 14.1. The number of unbranched alkanes of at least 4 members (excludes halogenated alkanes) is 2. The summed E-state index contributed by atoms with van der Waals surface area (Å²) in [7, 11) is 0. The minimum Gasteiger partial charge on any atom is -0.481 e. The monoisotopic (exact) mass is 266 g/mol. The van der Waals surface area contributed by atoms with E-state index in [0.717, 1.165) is 32.1 Å². The van der Waals surface area contributed by atoms with Gasteiger partial charge in [-0.2, -0.15) is 5.26 Å². The number of amides is 1. The van der Waals surface area contributed by atoms with Crippen LogP contribution in [-0.2, 0) is 9.59 Å². The molecule has 0 saturated heterocycles. The third-order valence-corrected chi connectivity index (χ3v) is 3.80. The number of carboxylic acids is 1. The summed E-state index contributed by atoms with van der Waals surface area (Å²) in [6.07, 6.45) is 6.15. The first-order valence-electron chi connectivity index (χ1n) is 6.98. The van der Waals surface area contributed by atoms with E-state index in [1.165, 1.54) is 0 Å². The van der Waals surface area contributed by atoms with Gasteiger partial charge in [0.2, 0.25) is 5.91 Å². The van der Waals surface area contributed by atoms with Gasteiger partial charge in [-0.3, -0.25) is 9.59 Å². The predicted molar refractivity (Wildman–Crippen MR) is 70.2 cm³/mol. The van der Waals surface area contributed by atoms with Crippen molar-refractivity contribution >= 4 is 11.9 Å². The average Bonchev–Trinajstić information content (AvgIpc) is 2.39. The third-order valence-electron chi connectivity index (χ3n) is 3.80. The quantitative estimate of drug-likeness (QED) is 0.691. The molecule has 0 atom stereocenters. The van der Waals surface area contributed by atoms with Crippen molar-refractivity contribution in [2.45, 2.75) is 57.8 Å². The van der Waals surface area contributed by atoms with Crippen molar-refractivity contribution in [1.82, 2.24) is 5.32 Å². The first-order chi connectivity index (χ1) is 9.10. The van der Waals surface area contributed by atoms with Gasteiger partial charge in [-0.25, -0.2) is 0 Å². The van der Waals surface area contributed by atoms with E-state index < -0.39 is 11.4 Å². The van der Waals surface area contributed by atoms with Gasteiger partial charge >= 0.3 is 5.97 Å². The number of hydrogen-bond acceptors (Lipinski definition) is 3. The first kappa shape index (κ1) is 15.5. The number of rotatable bonds is 7. The van der Waals surface area contributed by atoms with Gasteiger partial charge < -0.3 is 10.4 Å². The number of carbonyl (C=O) groups excluding carboxylic acids is 1. The molecule has 0 aromatic carbocycles. The molecule has 0 aromatic heterocycles. The number of hydrogen-bond donors (Lipinski definition) is 2. The molecular weight excluding hydrogens is 244 g/mol. The molecular formula is C14H22N2O3. The Balaban J connectivity index is 2.36. The molecule has 5 heteroatoms. The Labute approximate surface area is 114 Å². The van der Waals surface area contributed by atoms with Crippen LogP contribution in [0.4, 0.5) is 0 Å². The third kappa shape index (κ3) is 4.90. The largest absolute Gasteiger partial charge is 0.481 e. The summed E-state index contributed by atoms with van der Waals surface area (Å²) >= 11 is 0. The Morgan fingerprint density at radius 1 is 1.21 bits per heavy atom. The summed E-state index contributed by atoms with van der Waals surface area (Å²) in [5, 5.41) is 20.5. The second kappa shape index (κ2) is 7.78. The summed E-state index contributed by atoms with van der Waals surface area (Å²) in [6, 6.07) is 2.05. The number of carboxylic acid groups (broad SMARTS) is 1. The zero-order valence-electron chi connectivity index (χ0n) is 11.3. The van der Waals surface area contributed by atoms with Crippen LogP contribution in [-0.4, -0.2) is 23.5 Å². The van der Waals surface area contributed by atoms with Crippen LogP contribution < -0.4 is 5.32 Å². The van der Waals surface area contributed by atoms with E-state index in [0.29, 0.717) is 25.8 Å². The van der Waals surface area contributed by atoms with E-state index in [1.807, 2.05) is 0 Å². The molecule has 0 bridgehead atoms. The minimum atomic E-state index is -0.852. The highest BCUT2D eigenvalue weighted by molar-refractivity contribution is 5.85. The minimum absolute atomic E-state index is 0.0839. The van der Waals surface area contributed by atoms with E-state index in [-0.39, 0.29) is 12.3 Å². The summed E-state index contributed by atoms with van der Waals surface area (Å²) in [5.74, 6) is -1.02. The van der Waals surface area contributed by atoms with E-state index in [4.69, 9.17) is 5.26 Å². The molecule has 1 saturated carbocycles. The van der Waals surface area contributed by atoms with Gasteiger partial charge in [-0.05, 0) is 25.7 Å². The Kier molecular flexibility index (Phi) is 6.34. The maximum Gasteiger partial charge on any atom is 0.310 e. The van der Waals surface area contributed by atoms with Gasteiger partial charge in [0.25, 0.3) is 0 Å². The molecule has 0 aromatic rings. The van der Waals surface area contributed by atoms with Crippen LogP contribution in [0.1, 0.15) is 57.8 Å². The van der Waals surface area contributed by atoms with Crippen LogP contribution in [0.3, 0.4) is 0 Å².